The smallest absolute Gasteiger partial charge is 0.0441 e. The summed E-state index contributed by atoms with van der Waals surface area (Å²) >= 11 is 2.10. The molecule has 0 saturated heterocycles. The van der Waals surface area contributed by atoms with Gasteiger partial charge in [-0.1, -0.05) is 19.3 Å². The summed E-state index contributed by atoms with van der Waals surface area (Å²) in [6, 6.07) is 3.15. The molecule has 3 rings (SSSR count). The van der Waals surface area contributed by atoms with Crippen LogP contribution >= 0.6 is 11.3 Å². The van der Waals surface area contributed by atoms with E-state index in [1.54, 1.807) is 15.3 Å². The van der Waals surface area contributed by atoms with E-state index in [2.05, 4.69) is 29.8 Å². The maximum atomic E-state index is 3.61. The Hall–Kier alpha value is -0.340. The molecule has 1 nitrogen and oxygen atoms in total. The first kappa shape index (κ1) is 12.7. The molecule has 1 N–H and O–H groups in total. The molecule has 0 bridgehead atoms. The first-order valence-electron chi connectivity index (χ1n) is 7.67. The molecule has 1 saturated carbocycles. The number of fused-ring (bicyclic) bond motifs is 1. The minimum absolute atomic E-state index is 0.626. The molecule has 0 aliphatic heterocycles. The number of hydrogen-bond donors (Lipinski definition) is 1. The van der Waals surface area contributed by atoms with Gasteiger partial charge in [0.15, 0.2) is 0 Å². The van der Waals surface area contributed by atoms with Crippen LogP contribution in [0.5, 0.6) is 0 Å². The minimum Gasteiger partial charge on any atom is -0.312 e. The molecule has 1 heterocycles. The third-order valence-electron chi connectivity index (χ3n) is 4.75. The van der Waals surface area contributed by atoms with Crippen LogP contribution in [0.15, 0.2) is 6.07 Å². The standard InChI is InChI=1S/C16H25NS/c1-17-16(12-7-3-2-4-8-12)15-11-13-9-5-6-10-14(13)18-15/h11-12,16-17H,2-10H2,1H3. The molecule has 1 aromatic rings. The molecule has 100 valence electrons. The Morgan fingerprint density at radius 1 is 1.11 bits per heavy atom. The summed E-state index contributed by atoms with van der Waals surface area (Å²) in [5.41, 5.74) is 1.66. The number of aryl methyl sites for hydroxylation is 2. The van der Waals surface area contributed by atoms with E-state index in [-0.39, 0.29) is 0 Å². The van der Waals surface area contributed by atoms with Gasteiger partial charge in [-0.25, -0.2) is 0 Å². The molecule has 1 fully saturated rings. The van der Waals surface area contributed by atoms with Crippen molar-refractivity contribution in [1.29, 1.82) is 0 Å². The van der Waals surface area contributed by atoms with E-state index in [1.807, 2.05) is 0 Å². The molecule has 1 unspecified atom stereocenters. The van der Waals surface area contributed by atoms with Crippen molar-refractivity contribution in [3.63, 3.8) is 0 Å². The summed E-state index contributed by atoms with van der Waals surface area (Å²) in [7, 11) is 2.15. The van der Waals surface area contributed by atoms with Gasteiger partial charge in [0, 0.05) is 15.8 Å². The Balaban J connectivity index is 1.79. The van der Waals surface area contributed by atoms with Crippen LogP contribution in [-0.2, 0) is 12.8 Å². The molecule has 1 aromatic heterocycles. The molecule has 0 aromatic carbocycles. The van der Waals surface area contributed by atoms with Gasteiger partial charge in [0.2, 0.25) is 0 Å². The predicted molar refractivity (Wildman–Crippen MR) is 79.3 cm³/mol. The highest BCUT2D eigenvalue weighted by Gasteiger charge is 2.26. The van der Waals surface area contributed by atoms with Crippen LogP contribution in [0.1, 0.15) is 66.3 Å². The lowest BCUT2D eigenvalue weighted by Crippen LogP contribution is -2.26. The fraction of sp³-hybridized carbons (Fsp3) is 0.750. The summed E-state index contributed by atoms with van der Waals surface area (Å²) in [6.45, 7) is 0. The molecule has 0 spiro atoms. The van der Waals surface area contributed by atoms with Gasteiger partial charge < -0.3 is 5.32 Å². The van der Waals surface area contributed by atoms with Gasteiger partial charge in [-0.05, 0) is 63.1 Å². The summed E-state index contributed by atoms with van der Waals surface area (Å²) in [5.74, 6) is 0.879. The molecular weight excluding hydrogens is 238 g/mol. The molecule has 0 amide bonds. The van der Waals surface area contributed by atoms with Crippen LogP contribution in [-0.4, -0.2) is 7.05 Å². The van der Waals surface area contributed by atoms with Crippen molar-refractivity contribution in [1.82, 2.24) is 5.32 Å². The van der Waals surface area contributed by atoms with E-state index < -0.39 is 0 Å². The summed E-state index contributed by atoms with van der Waals surface area (Å²) in [5, 5.41) is 3.61. The molecule has 0 radical (unpaired) electrons. The Kier molecular flexibility index (Phi) is 4.05. The first-order valence-corrected chi connectivity index (χ1v) is 8.49. The van der Waals surface area contributed by atoms with Crippen LogP contribution in [0, 0.1) is 5.92 Å². The number of thiophene rings is 1. The monoisotopic (exact) mass is 263 g/mol. The predicted octanol–water partition coefficient (Wildman–Crippen LogP) is 4.47. The highest BCUT2D eigenvalue weighted by molar-refractivity contribution is 7.12. The number of nitrogens with one attached hydrogen (secondary N) is 1. The zero-order valence-electron chi connectivity index (χ0n) is 11.5. The minimum atomic E-state index is 0.626. The zero-order chi connectivity index (χ0) is 12.4. The lowest BCUT2D eigenvalue weighted by Gasteiger charge is -2.29. The topological polar surface area (TPSA) is 12.0 Å². The quantitative estimate of drug-likeness (QED) is 0.848. The van der Waals surface area contributed by atoms with Crippen LogP contribution in [0.3, 0.4) is 0 Å². The average molecular weight is 263 g/mol. The van der Waals surface area contributed by atoms with Crippen LogP contribution < -0.4 is 5.32 Å². The van der Waals surface area contributed by atoms with Gasteiger partial charge in [-0.2, -0.15) is 0 Å². The third kappa shape index (κ3) is 2.50. The molecule has 2 aliphatic rings. The molecule has 18 heavy (non-hydrogen) atoms. The SMILES string of the molecule is CNC(c1cc2c(s1)CCCC2)C1CCCCC1. The molecule has 2 heteroatoms. The Bertz CT molecular complexity index is 366. The molecule has 2 aliphatic carbocycles. The lowest BCUT2D eigenvalue weighted by molar-refractivity contribution is 0.284. The Morgan fingerprint density at radius 2 is 1.89 bits per heavy atom. The van der Waals surface area contributed by atoms with Crippen molar-refractivity contribution >= 4 is 11.3 Å². The van der Waals surface area contributed by atoms with Crippen molar-refractivity contribution in [2.75, 3.05) is 7.05 Å². The number of rotatable bonds is 3. The lowest BCUT2D eigenvalue weighted by atomic mass is 9.83. The van der Waals surface area contributed by atoms with Crippen molar-refractivity contribution < 1.29 is 0 Å². The van der Waals surface area contributed by atoms with Gasteiger partial charge in [0.1, 0.15) is 0 Å². The van der Waals surface area contributed by atoms with E-state index in [1.165, 1.54) is 57.8 Å². The Labute approximate surface area is 115 Å². The maximum absolute atomic E-state index is 3.61. The summed E-state index contributed by atoms with van der Waals surface area (Å²) in [6.07, 6.45) is 12.6. The zero-order valence-corrected chi connectivity index (χ0v) is 12.3. The van der Waals surface area contributed by atoms with Gasteiger partial charge in [0.25, 0.3) is 0 Å². The Morgan fingerprint density at radius 3 is 2.61 bits per heavy atom. The summed E-state index contributed by atoms with van der Waals surface area (Å²) < 4.78 is 0. The van der Waals surface area contributed by atoms with Crippen LogP contribution in [0.25, 0.3) is 0 Å². The van der Waals surface area contributed by atoms with Gasteiger partial charge in [-0.3, -0.25) is 0 Å². The maximum Gasteiger partial charge on any atom is 0.0441 e. The van der Waals surface area contributed by atoms with E-state index in [9.17, 15) is 0 Å². The number of hydrogen-bond acceptors (Lipinski definition) is 2. The van der Waals surface area contributed by atoms with E-state index in [4.69, 9.17) is 0 Å². The van der Waals surface area contributed by atoms with Gasteiger partial charge in [-0.15, -0.1) is 11.3 Å². The van der Waals surface area contributed by atoms with E-state index in [0.29, 0.717) is 6.04 Å². The summed E-state index contributed by atoms with van der Waals surface area (Å²) in [4.78, 5) is 3.31. The van der Waals surface area contributed by atoms with Gasteiger partial charge in [0.05, 0.1) is 0 Å². The highest BCUT2D eigenvalue weighted by atomic mass is 32.1. The normalized spacial score (nSPS) is 22.7. The van der Waals surface area contributed by atoms with E-state index >= 15 is 0 Å². The van der Waals surface area contributed by atoms with Crippen molar-refractivity contribution in [3.05, 3.63) is 21.4 Å². The molecule has 1 atom stereocenters. The second-order valence-corrected chi connectivity index (χ2v) is 7.14. The van der Waals surface area contributed by atoms with Crippen molar-refractivity contribution in [2.45, 2.75) is 63.8 Å². The first-order chi connectivity index (χ1) is 8.88. The second kappa shape index (κ2) is 5.75. The van der Waals surface area contributed by atoms with Crippen LogP contribution in [0.4, 0.5) is 0 Å². The van der Waals surface area contributed by atoms with Crippen molar-refractivity contribution in [2.24, 2.45) is 5.92 Å². The fourth-order valence-corrected chi connectivity index (χ4v) is 5.21. The average Bonchev–Trinajstić information content (AvgIpc) is 2.84. The van der Waals surface area contributed by atoms with Gasteiger partial charge >= 0.3 is 0 Å². The van der Waals surface area contributed by atoms with Crippen LogP contribution in [0.2, 0.25) is 0 Å². The third-order valence-corrected chi connectivity index (χ3v) is 6.07. The fourth-order valence-electron chi connectivity index (χ4n) is 3.74. The molecular formula is C16H25NS. The largest absolute Gasteiger partial charge is 0.312 e. The highest BCUT2D eigenvalue weighted by Crippen LogP contribution is 2.39. The second-order valence-electron chi connectivity index (χ2n) is 5.97. The van der Waals surface area contributed by atoms with E-state index in [0.717, 1.165) is 5.92 Å². The van der Waals surface area contributed by atoms with Crippen molar-refractivity contribution in [3.8, 4) is 0 Å².